The van der Waals surface area contributed by atoms with E-state index in [0.717, 1.165) is 11.1 Å². The molecule has 0 saturated heterocycles. The van der Waals surface area contributed by atoms with Crippen LogP contribution in [0.1, 0.15) is 23.6 Å². The highest BCUT2D eigenvalue weighted by Crippen LogP contribution is 2.29. The average Bonchev–Trinajstić information content (AvgIpc) is 2.11. The van der Waals surface area contributed by atoms with E-state index >= 15 is 0 Å². The molecule has 14 heavy (non-hydrogen) atoms. The van der Waals surface area contributed by atoms with Crippen molar-refractivity contribution in [3.63, 3.8) is 0 Å². The van der Waals surface area contributed by atoms with Crippen LogP contribution in [-0.2, 0) is 0 Å². The first kappa shape index (κ1) is 11.3. The molecule has 0 saturated carbocycles. The van der Waals surface area contributed by atoms with Crippen molar-refractivity contribution in [3.05, 3.63) is 28.3 Å². The van der Waals surface area contributed by atoms with E-state index in [1.54, 1.807) is 12.1 Å². The molecule has 0 fully saturated rings. The predicted molar refractivity (Wildman–Crippen MR) is 56.5 cm³/mol. The number of aryl methyl sites for hydroxylation is 1. The minimum atomic E-state index is -0.238. The molecular weight excluding hydrogens is 202 g/mol. The van der Waals surface area contributed by atoms with Crippen LogP contribution in [0.25, 0.3) is 0 Å². The zero-order valence-corrected chi connectivity index (χ0v) is 8.75. The summed E-state index contributed by atoms with van der Waals surface area (Å²) in [6, 6.07) is 2.99. The van der Waals surface area contributed by atoms with Crippen molar-refractivity contribution in [2.45, 2.75) is 19.4 Å². The maximum atomic E-state index is 9.31. The Balaban J connectivity index is 3.02. The molecule has 1 rings (SSSR count). The Morgan fingerprint density at radius 3 is 2.71 bits per heavy atom. The van der Waals surface area contributed by atoms with Gasteiger partial charge in [0.15, 0.2) is 0 Å². The van der Waals surface area contributed by atoms with Crippen molar-refractivity contribution in [1.82, 2.24) is 0 Å². The summed E-state index contributed by atoms with van der Waals surface area (Å²) < 4.78 is 0. The fraction of sp³-hybridized carbons (Fsp3) is 0.400. The summed E-state index contributed by atoms with van der Waals surface area (Å²) in [6.07, 6.45) is 0.488. The monoisotopic (exact) mass is 215 g/mol. The molecule has 4 heteroatoms. The van der Waals surface area contributed by atoms with Gasteiger partial charge in [-0.3, -0.25) is 0 Å². The van der Waals surface area contributed by atoms with Crippen molar-refractivity contribution in [2.24, 2.45) is 5.73 Å². The molecule has 0 aliphatic carbocycles. The van der Waals surface area contributed by atoms with Crippen LogP contribution in [0.5, 0.6) is 5.75 Å². The van der Waals surface area contributed by atoms with Crippen LogP contribution in [0.2, 0.25) is 5.02 Å². The molecule has 0 aliphatic heterocycles. The molecule has 0 heterocycles. The van der Waals surface area contributed by atoms with E-state index in [1.807, 2.05) is 6.92 Å². The first-order chi connectivity index (χ1) is 6.56. The van der Waals surface area contributed by atoms with E-state index in [4.69, 9.17) is 22.4 Å². The number of halogens is 1. The van der Waals surface area contributed by atoms with E-state index in [9.17, 15) is 5.11 Å². The molecule has 0 bridgehead atoms. The Hall–Kier alpha value is -0.770. The van der Waals surface area contributed by atoms with E-state index in [-0.39, 0.29) is 18.4 Å². The SMILES string of the molecule is Cc1cc(O)c(Cl)cc1C(N)CCO. The van der Waals surface area contributed by atoms with Crippen LogP contribution in [0, 0.1) is 6.92 Å². The zero-order valence-electron chi connectivity index (χ0n) is 8.00. The van der Waals surface area contributed by atoms with E-state index in [2.05, 4.69) is 0 Å². The van der Waals surface area contributed by atoms with E-state index in [1.165, 1.54) is 0 Å². The van der Waals surface area contributed by atoms with E-state index in [0.29, 0.717) is 11.4 Å². The second kappa shape index (κ2) is 4.64. The minimum absolute atomic E-state index is 0.0408. The molecule has 1 unspecified atom stereocenters. The van der Waals surface area contributed by atoms with Crippen LogP contribution < -0.4 is 5.73 Å². The Morgan fingerprint density at radius 1 is 1.50 bits per heavy atom. The molecule has 78 valence electrons. The molecule has 3 nitrogen and oxygen atoms in total. The number of phenolic OH excluding ortho intramolecular Hbond substituents is 1. The standard InChI is InChI=1S/C10H14ClNO2/c1-6-4-10(14)8(11)5-7(6)9(12)2-3-13/h4-5,9,13-14H,2-3,12H2,1H3. The van der Waals surface area contributed by atoms with Crippen molar-refractivity contribution >= 4 is 11.6 Å². The van der Waals surface area contributed by atoms with Gasteiger partial charge in [0, 0.05) is 12.6 Å². The molecule has 0 amide bonds. The van der Waals surface area contributed by atoms with Gasteiger partial charge in [-0.05, 0) is 36.6 Å². The van der Waals surface area contributed by atoms with Gasteiger partial charge >= 0.3 is 0 Å². The van der Waals surface area contributed by atoms with Gasteiger partial charge in [-0.25, -0.2) is 0 Å². The number of benzene rings is 1. The molecule has 0 aromatic heterocycles. The predicted octanol–water partition coefficient (Wildman–Crippen LogP) is 1.74. The van der Waals surface area contributed by atoms with Crippen LogP contribution in [0.4, 0.5) is 0 Å². The maximum Gasteiger partial charge on any atom is 0.134 e. The van der Waals surface area contributed by atoms with Gasteiger partial charge in [0.25, 0.3) is 0 Å². The maximum absolute atomic E-state index is 9.31. The summed E-state index contributed by atoms with van der Waals surface area (Å²) in [5.74, 6) is 0.0594. The second-order valence-corrected chi connectivity index (χ2v) is 3.69. The van der Waals surface area contributed by atoms with Crippen molar-refractivity contribution < 1.29 is 10.2 Å². The molecule has 1 atom stereocenters. The highest BCUT2D eigenvalue weighted by molar-refractivity contribution is 6.32. The Bertz CT molecular complexity index is 328. The molecule has 0 aliphatic rings. The molecular formula is C10H14ClNO2. The summed E-state index contributed by atoms with van der Waals surface area (Å²) in [6.45, 7) is 1.89. The largest absolute Gasteiger partial charge is 0.506 e. The van der Waals surface area contributed by atoms with Gasteiger partial charge in [0.2, 0.25) is 0 Å². The number of hydrogen-bond donors (Lipinski definition) is 3. The van der Waals surface area contributed by atoms with E-state index < -0.39 is 0 Å². The van der Waals surface area contributed by atoms with Crippen LogP contribution in [0.3, 0.4) is 0 Å². The molecule has 4 N–H and O–H groups in total. The Kier molecular flexibility index (Phi) is 3.75. The Morgan fingerprint density at radius 2 is 2.14 bits per heavy atom. The first-order valence-corrected chi connectivity index (χ1v) is 4.79. The first-order valence-electron chi connectivity index (χ1n) is 4.41. The number of aliphatic hydroxyl groups is 1. The fourth-order valence-corrected chi connectivity index (χ4v) is 1.55. The van der Waals surface area contributed by atoms with Gasteiger partial charge in [0.05, 0.1) is 5.02 Å². The average molecular weight is 216 g/mol. The second-order valence-electron chi connectivity index (χ2n) is 3.28. The van der Waals surface area contributed by atoms with Gasteiger partial charge in [-0.15, -0.1) is 0 Å². The van der Waals surface area contributed by atoms with Crippen molar-refractivity contribution in [1.29, 1.82) is 0 Å². The van der Waals surface area contributed by atoms with Crippen LogP contribution in [0.15, 0.2) is 12.1 Å². The van der Waals surface area contributed by atoms with Gasteiger partial charge in [-0.1, -0.05) is 11.6 Å². The summed E-state index contributed by atoms with van der Waals surface area (Å²) in [4.78, 5) is 0. The highest BCUT2D eigenvalue weighted by Gasteiger charge is 2.11. The summed E-state index contributed by atoms with van der Waals surface area (Å²) in [5.41, 5.74) is 7.57. The normalized spacial score (nSPS) is 12.9. The molecule has 1 aromatic rings. The van der Waals surface area contributed by atoms with Crippen molar-refractivity contribution in [2.75, 3.05) is 6.61 Å². The quantitative estimate of drug-likeness (QED) is 0.720. The summed E-state index contributed by atoms with van der Waals surface area (Å²) >= 11 is 5.76. The van der Waals surface area contributed by atoms with Gasteiger partial charge in [-0.2, -0.15) is 0 Å². The summed E-state index contributed by atoms with van der Waals surface area (Å²) in [7, 11) is 0. The van der Waals surface area contributed by atoms with Crippen LogP contribution >= 0.6 is 11.6 Å². The van der Waals surface area contributed by atoms with Crippen molar-refractivity contribution in [3.8, 4) is 5.75 Å². The molecule has 1 aromatic carbocycles. The third-order valence-corrected chi connectivity index (χ3v) is 2.48. The molecule has 0 spiro atoms. The lowest BCUT2D eigenvalue weighted by atomic mass is 9.99. The number of aromatic hydroxyl groups is 1. The summed E-state index contributed by atoms with van der Waals surface area (Å²) in [5, 5.41) is 18.4. The molecule has 0 radical (unpaired) electrons. The van der Waals surface area contributed by atoms with Gasteiger partial charge < -0.3 is 15.9 Å². The number of rotatable bonds is 3. The highest BCUT2D eigenvalue weighted by atomic mass is 35.5. The lowest BCUT2D eigenvalue weighted by molar-refractivity contribution is 0.276. The Labute approximate surface area is 88.1 Å². The topological polar surface area (TPSA) is 66.5 Å². The lowest BCUT2D eigenvalue weighted by Gasteiger charge is -2.14. The van der Waals surface area contributed by atoms with Crippen LogP contribution in [-0.4, -0.2) is 16.8 Å². The number of phenols is 1. The number of hydrogen-bond acceptors (Lipinski definition) is 3. The minimum Gasteiger partial charge on any atom is -0.506 e. The zero-order chi connectivity index (χ0) is 10.7. The third-order valence-electron chi connectivity index (χ3n) is 2.18. The van der Waals surface area contributed by atoms with Gasteiger partial charge in [0.1, 0.15) is 5.75 Å². The smallest absolute Gasteiger partial charge is 0.134 e. The number of nitrogens with two attached hydrogens (primary N) is 1. The fourth-order valence-electron chi connectivity index (χ4n) is 1.38. The third kappa shape index (κ3) is 2.38. The number of aliphatic hydroxyl groups excluding tert-OH is 1. The lowest BCUT2D eigenvalue weighted by Crippen LogP contribution is -2.13.